The van der Waals surface area contributed by atoms with E-state index in [-0.39, 0.29) is 19.0 Å². The SMILES string of the molecule is Cc1ccc(-n2c(=O)c3ccc(C(=O)NCc4ccco4)cc3n(Cc3ccccc3Cl)c2=O)cc1. The third-order valence-corrected chi connectivity index (χ3v) is 6.36. The Morgan fingerprint density at radius 2 is 1.75 bits per heavy atom. The molecule has 0 aliphatic rings. The van der Waals surface area contributed by atoms with Crippen molar-refractivity contribution < 1.29 is 9.21 Å². The molecule has 0 aliphatic carbocycles. The van der Waals surface area contributed by atoms with Crippen molar-refractivity contribution in [3.05, 3.63) is 133 Å². The number of aryl methyl sites for hydroxylation is 1. The van der Waals surface area contributed by atoms with E-state index >= 15 is 0 Å². The summed E-state index contributed by atoms with van der Waals surface area (Å²) >= 11 is 6.40. The molecule has 0 unspecified atom stereocenters. The van der Waals surface area contributed by atoms with E-state index in [0.717, 1.165) is 10.1 Å². The first-order valence-corrected chi connectivity index (χ1v) is 11.7. The molecule has 36 heavy (non-hydrogen) atoms. The quantitative estimate of drug-likeness (QED) is 0.367. The second-order valence-corrected chi connectivity index (χ2v) is 8.84. The number of nitrogens with zero attached hydrogens (tertiary/aromatic N) is 2. The van der Waals surface area contributed by atoms with Gasteiger partial charge in [0, 0.05) is 10.6 Å². The molecule has 2 heterocycles. The van der Waals surface area contributed by atoms with Gasteiger partial charge in [0.25, 0.3) is 11.5 Å². The number of benzene rings is 3. The number of amides is 1. The van der Waals surface area contributed by atoms with Crippen molar-refractivity contribution in [1.82, 2.24) is 14.5 Å². The molecule has 7 nitrogen and oxygen atoms in total. The smallest absolute Gasteiger partial charge is 0.336 e. The van der Waals surface area contributed by atoms with Crippen molar-refractivity contribution in [2.45, 2.75) is 20.0 Å². The van der Waals surface area contributed by atoms with Crippen molar-refractivity contribution in [1.29, 1.82) is 0 Å². The lowest BCUT2D eigenvalue weighted by Gasteiger charge is -2.16. The van der Waals surface area contributed by atoms with Crippen LogP contribution in [0.25, 0.3) is 16.6 Å². The molecule has 0 saturated carbocycles. The lowest BCUT2D eigenvalue weighted by molar-refractivity contribution is 0.0948. The van der Waals surface area contributed by atoms with Gasteiger partial charge in [0.1, 0.15) is 5.76 Å². The minimum absolute atomic E-state index is 0.124. The maximum Gasteiger partial charge on any atom is 0.336 e. The fourth-order valence-corrected chi connectivity index (χ4v) is 4.26. The molecule has 8 heteroatoms. The highest BCUT2D eigenvalue weighted by molar-refractivity contribution is 6.31. The fourth-order valence-electron chi connectivity index (χ4n) is 4.06. The molecule has 0 bridgehead atoms. The van der Waals surface area contributed by atoms with Crippen LogP contribution in [-0.2, 0) is 13.1 Å². The molecule has 0 saturated heterocycles. The highest BCUT2D eigenvalue weighted by atomic mass is 35.5. The van der Waals surface area contributed by atoms with Crippen LogP contribution in [0.3, 0.4) is 0 Å². The largest absolute Gasteiger partial charge is 0.467 e. The summed E-state index contributed by atoms with van der Waals surface area (Å²) < 4.78 is 7.89. The van der Waals surface area contributed by atoms with Gasteiger partial charge in [-0.25, -0.2) is 9.36 Å². The third kappa shape index (κ3) is 4.48. The summed E-state index contributed by atoms with van der Waals surface area (Å²) in [5.74, 6) is 0.258. The minimum atomic E-state index is -0.524. The Labute approximate surface area is 211 Å². The molecule has 5 rings (SSSR count). The van der Waals surface area contributed by atoms with Gasteiger partial charge in [-0.15, -0.1) is 0 Å². The second-order valence-electron chi connectivity index (χ2n) is 8.43. The van der Waals surface area contributed by atoms with Crippen LogP contribution in [0.1, 0.15) is 27.2 Å². The second kappa shape index (κ2) is 9.71. The molecular weight excluding hydrogens is 478 g/mol. The van der Waals surface area contributed by atoms with Gasteiger partial charge in [0.15, 0.2) is 0 Å². The van der Waals surface area contributed by atoms with Gasteiger partial charge >= 0.3 is 5.69 Å². The van der Waals surface area contributed by atoms with Crippen LogP contribution >= 0.6 is 11.6 Å². The molecule has 180 valence electrons. The molecule has 2 aromatic heterocycles. The number of aromatic nitrogens is 2. The molecule has 0 atom stereocenters. The van der Waals surface area contributed by atoms with Crippen molar-refractivity contribution >= 4 is 28.4 Å². The van der Waals surface area contributed by atoms with Crippen LogP contribution in [0.4, 0.5) is 0 Å². The molecule has 3 aromatic carbocycles. The Bertz CT molecular complexity index is 1680. The zero-order valence-corrected chi connectivity index (χ0v) is 20.2. The van der Waals surface area contributed by atoms with Gasteiger partial charge in [-0.1, -0.05) is 47.5 Å². The predicted molar refractivity (Wildman–Crippen MR) is 139 cm³/mol. The summed E-state index contributed by atoms with van der Waals surface area (Å²) in [6.07, 6.45) is 1.53. The number of fused-ring (bicyclic) bond motifs is 1. The molecule has 5 aromatic rings. The molecular formula is C28H22ClN3O4. The molecule has 0 spiro atoms. The van der Waals surface area contributed by atoms with Crippen LogP contribution in [0.5, 0.6) is 0 Å². The first-order chi connectivity index (χ1) is 17.4. The Morgan fingerprint density at radius 3 is 2.47 bits per heavy atom. The predicted octanol–water partition coefficient (Wildman–Crippen LogP) is 4.69. The fraction of sp³-hybridized carbons (Fsp3) is 0.107. The number of carbonyl (C=O) groups is 1. The zero-order valence-electron chi connectivity index (χ0n) is 19.4. The summed E-state index contributed by atoms with van der Waals surface area (Å²) in [6.45, 7) is 2.27. The van der Waals surface area contributed by atoms with Crippen LogP contribution in [0.2, 0.25) is 5.02 Å². The summed E-state index contributed by atoms with van der Waals surface area (Å²) in [6, 6.07) is 22.6. The number of carbonyl (C=O) groups excluding carboxylic acids is 1. The van der Waals surface area contributed by atoms with Crippen LogP contribution in [0.15, 0.2) is 99.1 Å². The Balaban J connectivity index is 1.67. The third-order valence-electron chi connectivity index (χ3n) is 5.99. The number of halogens is 1. The van der Waals surface area contributed by atoms with Gasteiger partial charge in [0.2, 0.25) is 0 Å². The van der Waals surface area contributed by atoms with E-state index in [9.17, 15) is 14.4 Å². The molecule has 0 aliphatic heterocycles. The highest BCUT2D eigenvalue weighted by Crippen LogP contribution is 2.19. The van der Waals surface area contributed by atoms with Crippen LogP contribution in [0, 0.1) is 6.92 Å². The summed E-state index contributed by atoms with van der Waals surface area (Å²) in [5.41, 5.74) is 1.86. The van der Waals surface area contributed by atoms with Gasteiger partial charge < -0.3 is 9.73 Å². The summed E-state index contributed by atoms with van der Waals surface area (Å²) in [7, 11) is 0. The van der Waals surface area contributed by atoms with Crippen LogP contribution in [-0.4, -0.2) is 15.0 Å². The van der Waals surface area contributed by atoms with E-state index < -0.39 is 11.2 Å². The average molecular weight is 500 g/mol. The van der Waals surface area contributed by atoms with Gasteiger partial charge in [-0.2, -0.15) is 0 Å². The van der Waals surface area contributed by atoms with E-state index in [1.807, 2.05) is 31.2 Å². The number of nitrogens with one attached hydrogen (secondary N) is 1. The topological polar surface area (TPSA) is 86.2 Å². The van der Waals surface area contributed by atoms with E-state index in [0.29, 0.717) is 38.5 Å². The maximum absolute atomic E-state index is 13.7. The Hall–Kier alpha value is -4.36. The maximum atomic E-state index is 13.7. The van der Waals surface area contributed by atoms with E-state index in [1.54, 1.807) is 54.6 Å². The Morgan fingerprint density at radius 1 is 0.972 bits per heavy atom. The monoisotopic (exact) mass is 499 g/mol. The van der Waals surface area contributed by atoms with Gasteiger partial charge in [0.05, 0.1) is 35.9 Å². The van der Waals surface area contributed by atoms with E-state index in [4.69, 9.17) is 16.0 Å². The first-order valence-electron chi connectivity index (χ1n) is 11.3. The van der Waals surface area contributed by atoms with Gasteiger partial charge in [-0.3, -0.25) is 14.2 Å². The number of hydrogen-bond donors (Lipinski definition) is 1. The molecule has 0 radical (unpaired) electrons. The summed E-state index contributed by atoms with van der Waals surface area (Å²) in [5, 5.41) is 3.60. The number of hydrogen-bond acceptors (Lipinski definition) is 4. The molecule has 1 amide bonds. The van der Waals surface area contributed by atoms with Crippen molar-refractivity contribution in [3.63, 3.8) is 0 Å². The zero-order chi connectivity index (χ0) is 25.2. The lowest BCUT2D eigenvalue weighted by atomic mass is 10.1. The average Bonchev–Trinajstić information content (AvgIpc) is 3.41. The van der Waals surface area contributed by atoms with E-state index in [2.05, 4.69) is 5.32 Å². The number of furan rings is 1. The van der Waals surface area contributed by atoms with Crippen molar-refractivity contribution in [2.75, 3.05) is 0 Å². The summed E-state index contributed by atoms with van der Waals surface area (Å²) in [4.78, 5) is 40.1. The van der Waals surface area contributed by atoms with E-state index in [1.165, 1.54) is 10.8 Å². The van der Waals surface area contributed by atoms with Crippen molar-refractivity contribution in [2.24, 2.45) is 0 Å². The normalized spacial score (nSPS) is 11.1. The molecule has 1 N–H and O–H groups in total. The first kappa shape index (κ1) is 23.4. The molecule has 0 fully saturated rings. The standard InChI is InChI=1S/C28H22ClN3O4/c1-18-8-11-21(12-9-18)32-27(34)23-13-10-19(26(33)30-16-22-6-4-14-36-22)15-25(23)31(28(32)35)17-20-5-2-3-7-24(20)29/h2-15H,16-17H2,1H3,(H,30,33). The minimum Gasteiger partial charge on any atom is -0.467 e. The number of rotatable bonds is 6. The van der Waals surface area contributed by atoms with Gasteiger partial charge in [-0.05, 0) is 61.0 Å². The highest BCUT2D eigenvalue weighted by Gasteiger charge is 2.18. The Kier molecular flexibility index (Phi) is 6.31. The lowest BCUT2D eigenvalue weighted by Crippen LogP contribution is -2.39. The van der Waals surface area contributed by atoms with Crippen LogP contribution < -0.4 is 16.6 Å². The van der Waals surface area contributed by atoms with Crippen molar-refractivity contribution in [3.8, 4) is 5.69 Å².